The number of nitrogens with zero attached hydrogens (tertiary/aromatic N) is 2. The number of hydrogen-bond acceptors (Lipinski definition) is 5. The van der Waals surface area contributed by atoms with Crippen LogP contribution in [0.5, 0.6) is 5.88 Å². The van der Waals surface area contributed by atoms with Gasteiger partial charge < -0.3 is 10.1 Å². The van der Waals surface area contributed by atoms with E-state index < -0.39 is 0 Å². The molecular formula is C14H19N3OS. The Hall–Kier alpha value is -1.46. The highest BCUT2D eigenvalue weighted by Crippen LogP contribution is 2.19. The molecule has 4 nitrogen and oxygen atoms in total. The molecule has 1 unspecified atom stereocenters. The molecule has 2 aromatic rings. The molecular weight excluding hydrogens is 258 g/mol. The van der Waals surface area contributed by atoms with Crippen LogP contribution in [0, 0.1) is 0 Å². The fraction of sp³-hybridized carbons (Fsp3) is 0.429. The number of methoxy groups -OCH3 is 1. The zero-order valence-corrected chi connectivity index (χ0v) is 12.3. The molecule has 19 heavy (non-hydrogen) atoms. The van der Waals surface area contributed by atoms with Crippen LogP contribution in [0.15, 0.2) is 23.7 Å². The molecule has 0 fully saturated rings. The minimum atomic E-state index is 0.309. The fourth-order valence-electron chi connectivity index (χ4n) is 1.83. The fourth-order valence-corrected chi connectivity index (χ4v) is 2.75. The molecule has 2 aromatic heterocycles. The van der Waals surface area contributed by atoms with Crippen LogP contribution in [0.25, 0.3) is 0 Å². The van der Waals surface area contributed by atoms with Crippen molar-refractivity contribution in [2.75, 3.05) is 13.7 Å². The number of aromatic nitrogens is 2. The van der Waals surface area contributed by atoms with Gasteiger partial charge in [-0.15, -0.1) is 11.3 Å². The lowest BCUT2D eigenvalue weighted by atomic mass is 10.2. The van der Waals surface area contributed by atoms with Gasteiger partial charge in [0, 0.05) is 30.1 Å². The Balaban J connectivity index is 2.02. The van der Waals surface area contributed by atoms with Crippen LogP contribution < -0.4 is 10.1 Å². The average molecular weight is 277 g/mol. The molecule has 0 saturated carbocycles. The molecule has 0 aliphatic carbocycles. The molecule has 0 aliphatic rings. The van der Waals surface area contributed by atoms with Crippen LogP contribution >= 0.6 is 11.3 Å². The van der Waals surface area contributed by atoms with Gasteiger partial charge in [0.25, 0.3) is 0 Å². The van der Waals surface area contributed by atoms with Gasteiger partial charge in [0.15, 0.2) is 0 Å². The van der Waals surface area contributed by atoms with E-state index in [-0.39, 0.29) is 0 Å². The number of pyridine rings is 1. The quantitative estimate of drug-likeness (QED) is 0.882. The molecule has 0 aliphatic heterocycles. The van der Waals surface area contributed by atoms with Crippen LogP contribution in [-0.2, 0) is 6.42 Å². The van der Waals surface area contributed by atoms with Crippen LogP contribution in [0.2, 0.25) is 0 Å². The summed E-state index contributed by atoms with van der Waals surface area (Å²) in [7, 11) is 1.62. The first-order valence-corrected chi connectivity index (χ1v) is 7.27. The maximum absolute atomic E-state index is 5.05. The summed E-state index contributed by atoms with van der Waals surface area (Å²) >= 11 is 1.70. The van der Waals surface area contributed by atoms with Crippen LogP contribution in [-0.4, -0.2) is 23.6 Å². The largest absolute Gasteiger partial charge is 0.481 e. The van der Waals surface area contributed by atoms with Crippen molar-refractivity contribution in [3.05, 3.63) is 40.0 Å². The van der Waals surface area contributed by atoms with Crippen molar-refractivity contribution < 1.29 is 4.74 Å². The first-order valence-electron chi connectivity index (χ1n) is 6.39. The second kappa shape index (κ2) is 6.63. The summed E-state index contributed by atoms with van der Waals surface area (Å²) in [4.78, 5) is 8.87. The third kappa shape index (κ3) is 3.75. The van der Waals surface area contributed by atoms with Crippen LogP contribution in [0.1, 0.15) is 36.2 Å². The molecule has 0 amide bonds. The molecule has 0 spiro atoms. The second-order valence-corrected chi connectivity index (χ2v) is 5.27. The molecule has 2 heterocycles. The van der Waals surface area contributed by atoms with E-state index in [0.717, 1.165) is 29.2 Å². The molecule has 102 valence electrons. The third-order valence-corrected chi connectivity index (χ3v) is 3.75. The Labute approximate surface area is 117 Å². The summed E-state index contributed by atoms with van der Waals surface area (Å²) < 4.78 is 5.05. The smallest absolute Gasteiger partial charge is 0.212 e. The summed E-state index contributed by atoms with van der Waals surface area (Å²) in [6, 6.07) is 4.22. The SMILES string of the molecule is CCNC(C)c1csc(Cc2ccc(OC)nc2)n1. The first kappa shape index (κ1) is 14.0. The number of hydrogen-bond donors (Lipinski definition) is 1. The predicted molar refractivity (Wildman–Crippen MR) is 77.8 cm³/mol. The van der Waals surface area contributed by atoms with Gasteiger partial charge in [0.05, 0.1) is 17.8 Å². The second-order valence-electron chi connectivity index (χ2n) is 4.33. The summed E-state index contributed by atoms with van der Waals surface area (Å²) in [5.74, 6) is 0.643. The van der Waals surface area contributed by atoms with Crippen molar-refractivity contribution in [2.45, 2.75) is 26.3 Å². The Morgan fingerprint density at radius 1 is 1.42 bits per heavy atom. The van der Waals surface area contributed by atoms with Crippen molar-refractivity contribution in [3.63, 3.8) is 0 Å². The zero-order chi connectivity index (χ0) is 13.7. The molecule has 1 atom stereocenters. The number of rotatable bonds is 6. The molecule has 0 radical (unpaired) electrons. The average Bonchev–Trinajstić information content (AvgIpc) is 2.88. The van der Waals surface area contributed by atoms with E-state index in [2.05, 4.69) is 34.5 Å². The van der Waals surface area contributed by atoms with E-state index in [1.165, 1.54) is 0 Å². The van der Waals surface area contributed by atoms with Gasteiger partial charge in [-0.05, 0) is 19.0 Å². The lowest BCUT2D eigenvalue weighted by Gasteiger charge is -2.08. The number of ether oxygens (including phenoxy) is 1. The van der Waals surface area contributed by atoms with E-state index >= 15 is 0 Å². The van der Waals surface area contributed by atoms with Crippen molar-refractivity contribution in [3.8, 4) is 5.88 Å². The van der Waals surface area contributed by atoms with Crippen molar-refractivity contribution in [1.29, 1.82) is 0 Å². The predicted octanol–water partition coefficient (Wildman–Crippen LogP) is 2.81. The van der Waals surface area contributed by atoms with E-state index in [4.69, 9.17) is 4.74 Å². The highest BCUT2D eigenvalue weighted by molar-refractivity contribution is 7.09. The standard InChI is InChI=1S/C14H19N3OS/c1-4-15-10(2)12-9-19-14(17-12)7-11-5-6-13(18-3)16-8-11/h5-6,8-10,15H,4,7H2,1-3H3. The zero-order valence-electron chi connectivity index (χ0n) is 11.5. The minimum absolute atomic E-state index is 0.309. The highest BCUT2D eigenvalue weighted by atomic mass is 32.1. The van der Waals surface area contributed by atoms with Crippen LogP contribution in [0.3, 0.4) is 0 Å². The lowest BCUT2D eigenvalue weighted by Crippen LogP contribution is -2.17. The number of thiazole rings is 1. The van der Waals surface area contributed by atoms with Gasteiger partial charge in [-0.3, -0.25) is 0 Å². The Morgan fingerprint density at radius 3 is 2.89 bits per heavy atom. The summed E-state index contributed by atoms with van der Waals surface area (Å²) in [6.07, 6.45) is 2.66. The molecule has 1 N–H and O–H groups in total. The molecule has 0 bridgehead atoms. The van der Waals surface area contributed by atoms with Gasteiger partial charge >= 0.3 is 0 Å². The maximum atomic E-state index is 5.05. The molecule has 5 heteroatoms. The molecule has 2 rings (SSSR count). The monoisotopic (exact) mass is 277 g/mol. The van der Waals surface area contributed by atoms with E-state index in [9.17, 15) is 0 Å². The highest BCUT2D eigenvalue weighted by Gasteiger charge is 2.09. The Kier molecular flexibility index (Phi) is 4.87. The minimum Gasteiger partial charge on any atom is -0.481 e. The summed E-state index contributed by atoms with van der Waals surface area (Å²) in [5.41, 5.74) is 2.26. The van der Waals surface area contributed by atoms with Gasteiger partial charge in [0.1, 0.15) is 0 Å². The van der Waals surface area contributed by atoms with Crippen molar-refractivity contribution in [2.24, 2.45) is 0 Å². The van der Waals surface area contributed by atoms with Crippen molar-refractivity contribution >= 4 is 11.3 Å². The van der Waals surface area contributed by atoms with Gasteiger partial charge in [-0.25, -0.2) is 9.97 Å². The summed E-state index contributed by atoms with van der Waals surface area (Å²) in [6.45, 7) is 5.19. The van der Waals surface area contributed by atoms with Gasteiger partial charge in [0.2, 0.25) is 5.88 Å². The van der Waals surface area contributed by atoms with Crippen molar-refractivity contribution in [1.82, 2.24) is 15.3 Å². The third-order valence-electron chi connectivity index (χ3n) is 2.89. The normalized spacial score (nSPS) is 12.4. The molecule has 0 saturated heterocycles. The van der Waals surface area contributed by atoms with Crippen LogP contribution in [0.4, 0.5) is 0 Å². The maximum Gasteiger partial charge on any atom is 0.212 e. The van der Waals surface area contributed by atoms with Gasteiger partial charge in [-0.1, -0.05) is 13.0 Å². The summed E-state index contributed by atoms with van der Waals surface area (Å²) in [5, 5.41) is 6.61. The molecule has 0 aromatic carbocycles. The Morgan fingerprint density at radius 2 is 2.26 bits per heavy atom. The topological polar surface area (TPSA) is 47.0 Å². The lowest BCUT2D eigenvalue weighted by molar-refractivity contribution is 0.397. The first-order chi connectivity index (χ1) is 9.22. The Bertz CT molecular complexity index is 510. The van der Waals surface area contributed by atoms with E-state index in [0.29, 0.717) is 11.9 Å². The van der Waals surface area contributed by atoms with E-state index in [1.54, 1.807) is 18.4 Å². The number of nitrogens with one attached hydrogen (secondary N) is 1. The van der Waals surface area contributed by atoms with E-state index in [1.807, 2.05) is 18.3 Å². The van der Waals surface area contributed by atoms with Gasteiger partial charge in [-0.2, -0.15) is 0 Å².